The van der Waals surface area contributed by atoms with Crippen LogP contribution in [0, 0.1) is 0 Å². The smallest absolute Gasteiger partial charge is 0.408 e. The maximum absolute atomic E-state index is 13.8. The number of carbonyl (C=O) groups excluding carboxylic acids is 3. The summed E-state index contributed by atoms with van der Waals surface area (Å²) in [5.74, 6) is -2.49. The minimum atomic E-state index is -1.23. The number of carboxylic acids is 1. The Morgan fingerprint density at radius 1 is 1.05 bits per heavy atom. The number of aromatic nitrogens is 3. The molecule has 2 aromatic carbocycles. The molecule has 0 radical (unpaired) electrons. The van der Waals surface area contributed by atoms with E-state index in [0.29, 0.717) is 11.1 Å². The number of amides is 3. The van der Waals surface area contributed by atoms with E-state index >= 15 is 0 Å². The van der Waals surface area contributed by atoms with Gasteiger partial charge in [-0.1, -0.05) is 36.4 Å². The minimum absolute atomic E-state index is 0.0729. The molecule has 1 unspecified atom stereocenters. The van der Waals surface area contributed by atoms with Gasteiger partial charge in [0.15, 0.2) is 10.8 Å². The molecule has 13 heteroatoms. The topological polar surface area (TPSA) is 165 Å². The molecule has 2 atom stereocenters. The highest BCUT2D eigenvalue weighted by Crippen LogP contribution is 2.22. The molecule has 0 spiro atoms. The van der Waals surface area contributed by atoms with Crippen LogP contribution < -0.4 is 16.0 Å². The van der Waals surface area contributed by atoms with Gasteiger partial charge in [0.05, 0.1) is 17.4 Å². The molecule has 3 amide bonds. The molecule has 0 saturated carbocycles. The summed E-state index contributed by atoms with van der Waals surface area (Å²) in [6.45, 7) is 5.11. The predicted molar refractivity (Wildman–Crippen MR) is 153 cm³/mol. The van der Waals surface area contributed by atoms with Gasteiger partial charge in [-0.25, -0.2) is 19.6 Å². The Kier molecular flexibility index (Phi) is 8.67. The van der Waals surface area contributed by atoms with Crippen LogP contribution in [0.5, 0.6) is 0 Å². The van der Waals surface area contributed by atoms with Crippen LogP contribution in [-0.2, 0) is 27.8 Å². The monoisotopic (exact) mass is 578 g/mol. The van der Waals surface area contributed by atoms with Crippen LogP contribution in [0.3, 0.4) is 0 Å². The number of nitrogens with zero attached hydrogens (tertiary/aromatic N) is 3. The van der Waals surface area contributed by atoms with E-state index in [-0.39, 0.29) is 17.2 Å². The van der Waals surface area contributed by atoms with Crippen LogP contribution in [0.4, 0.5) is 9.93 Å². The lowest BCUT2D eigenvalue weighted by Gasteiger charge is -2.25. The molecule has 0 aliphatic heterocycles. The van der Waals surface area contributed by atoms with Gasteiger partial charge in [-0.2, -0.15) is 0 Å². The highest BCUT2D eigenvalue weighted by molar-refractivity contribution is 7.14. The van der Waals surface area contributed by atoms with E-state index in [9.17, 15) is 19.2 Å². The van der Waals surface area contributed by atoms with Crippen LogP contribution >= 0.6 is 11.3 Å². The lowest BCUT2D eigenvalue weighted by Crippen LogP contribution is -2.50. The summed E-state index contributed by atoms with van der Waals surface area (Å²) in [6, 6.07) is 11.9. The number of hydrogen-bond donors (Lipinski definition) is 4. The van der Waals surface area contributed by atoms with E-state index in [1.807, 2.05) is 29.8 Å². The molecule has 0 saturated heterocycles. The number of imidazole rings is 1. The molecule has 4 N–H and O–H groups in total. The minimum Gasteiger partial charge on any atom is -0.476 e. The van der Waals surface area contributed by atoms with Gasteiger partial charge >= 0.3 is 12.1 Å². The molecule has 2 heterocycles. The van der Waals surface area contributed by atoms with Crippen molar-refractivity contribution in [2.24, 2.45) is 7.05 Å². The second-order valence-electron chi connectivity index (χ2n) is 10.3. The molecule has 41 heavy (non-hydrogen) atoms. The largest absolute Gasteiger partial charge is 0.476 e. The van der Waals surface area contributed by atoms with Gasteiger partial charge in [0.1, 0.15) is 17.7 Å². The third kappa shape index (κ3) is 7.66. The summed E-state index contributed by atoms with van der Waals surface area (Å²) in [5.41, 5.74) is 1.63. The van der Waals surface area contributed by atoms with Crippen LogP contribution in [-0.4, -0.2) is 55.2 Å². The van der Waals surface area contributed by atoms with Crippen LogP contribution in [0.15, 0.2) is 60.2 Å². The molecule has 4 aromatic rings. The lowest BCUT2D eigenvalue weighted by atomic mass is 10.0. The van der Waals surface area contributed by atoms with Gasteiger partial charge in [-0.05, 0) is 44.0 Å². The van der Waals surface area contributed by atoms with Crippen molar-refractivity contribution in [3.63, 3.8) is 0 Å². The number of thiazole rings is 1. The number of carboxylic acid groups (broad SMARTS) is 1. The van der Waals surface area contributed by atoms with Crippen molar-refractivity contribution >= 4 is 51.4 Å². The maximum Gasteiger partial charge on any atom is 0.408 e. The first-order valence-corrected chi connectivity index (χ1v) is 13.5. The first-order chi connectivity index (χ1) is 19.4. The summed E-state index contributed by atoms with van der Waals surface area (Å²) in [7, 11) is 1.84. The van der Waals surface area contributed by atoms with Crippen molar-refractivity contribution in [1.29, 1.82) is 0 Å². The molecule has 12 nitrogen and oxygen atoms in total. The number of fused-ring (bicyclic) bond motifs is 1. The first kappa shape index (κ1) is 29.2. The molecular weight excluding hydrogens is 548 g/mol. The quantitative estimate of drug-likeness (QED) is 0.234. The third-order valence-electron chi connectivity index (χ3n) is 5.88. The van der Waals surface area contributed by atoms with E-state index < -0.39 is 41.6 Å². The summed E-state index contributed by atoms with van der Waals surface area (Å²) < 4.78 is 7.22. The van der Waals surface area contributed by atoms with E-state index in [1.54, 1.807) is 57.4 Å². The Labute approximate surface area is 239 Å². The van der Waals surface area contributed by atoms with Crippen LogP contribution in [0.1, 0.15) is 48.4 Å². The number of aromatic carboxylic acids is 1. The Morgan fingerprint density at radius 3 is 2.44 bits per heavy atom. The molecule has 0 bridgehead atoms. The summed E-state index contributed by atoms with van der Waals surface area (Å²) in [5, 5.41) is 18.5. The summed E-state index contributed by atoms with van der Waals surface area (Å²) >= 11 is 0.950. The predicted octanol–water partition coefficient (Wildman–Crippen LogP) is 3.66. The zero-order valence-corrected chi connectivity index (χ0v) is 23.7. The molecular formula is C28H30N6O6S. The van der Waals surface area contributed by atoms with E-state index in [4.69, 9.17) is 9.84 Å². The van der Waals surface area contributed by atoms with E-state index in [1.165, 1.54) is 5.38 Å². The van der Waals surface area contributed by atoms with E-state index in [2.05, 4.69) is 25.9 Å². The van der Waals surface area contributed by atoms with Crippen LogP contribution in [0.2, 0.25) is 0 Å². The number of carbonyl (C=O) groups is 4. The fraction of sp³-hybridized carbons (Fsp3) is 0.286. The van der Waals surface area contributed by atoms with Crippen molar-refractivity contribution in [3.8, 4) is 0 Å². The first-order valence-electron chi connectivity index (χ1n) is 12.6. The second kappa shape index (κ2) is 12.2. The van der Waals surface area contributed by atoms with Crippen molar-refractivity contribution in [2.45, 2.75) is 44.9 Å². The number of anilines is 1. The molecule has 0 fully saturated rings. The standard InChI is InChI=1S/C28H30N6O6S/c1-28(2,3)40-27(39)32-22(17-10-11-21-18(13-17)29-15-34(21)4)24(36)30-19(12-16-8-6-5-7-9-16)23(35)33-26-31-20(14-41-26)25(37)38/h5-11,13-15,19,22H,12H2,1-4H3,(H,30,36)(H,32,39)(H,37,38)(H,31,33,35)/t19-,22?/m0/s1. The number of benzene rings is 2. The van der Waals surface area contributed by atoms with E-state index in [0.717, 1.165) is 22.4 Å². The molecule has 2 aromatic heterocycles. The number of aryl methyl sites for hydroxylation is 1. The zero-order valence-electron chi connectivity index (χ0n) is 22.9. The maximum atomic E-state index is 13.8. The second-order valence-corrected chi connectivity index (χ2v) is 11.1. The molecule has 4 rings (SSSR count). The highest BCUT2D eigenvalue weighted by atomic mass is 32.1. The van der Waals surface area contributed by atoms with Gasteiger partial charge < -0.3 is 30.4 Å². The Balaban J connectivity index is 1.63. The Bertz CT molecular complexity index is 1580. The number of alkyl carbamates (subject to hydrolysis) is 1. The number of rotatable bonds is 9. The van der Waals surface area contributed by atoms with Crippen molar-refractivity contribution < 1.29 is 29.0 Å². The van der Waals surface area contributed by atoms with Crippen LogP contribution in [0.25, 0.3) is 11.0 Å². The average Bonchev–Trinajstić information content (AvgIpc) is 3.53. The summed E-state index contributed by atoms with van der Waals surface area (Å²) in [6.07, 6.45) is 0.944. The Hall–Kier alpha value is -4.78. The van der Waals surface area contributed by atoms with Crippen molar-refractivity contribution in [3.05, 3.63) is 77.1 Å². The zero-order chi connectivity index (χ0) is 29.7. The lowest BCUT2D eigenvalue weighted by molar-refractivity contribution is -0.128. The van der Waals surface area contributed by atoms with Crippen molar-refractivity contribution in [2.75, 3.05) is 5.32 Å². The fourth-order valence-electron chi connectivity index (χ4n) is 3.99. The number of hydrogen-bond acceptors (Lipinski definition) is 8. The Morgan fingerprint density at radius 2 is 1.78 bits per heavy atom. The number of nitrogens with one attached hydrogen (secondary N) is 3. The molecule has 214 valence electrons. The van der Waals surface area contributed by atoms with Crippen molar-refractivity contribution in [1.82, 2.24) is 25.2 Å². The van der Waals surface area contributed by atoms with Gasteiger partial charge in [0.25, 0.3) is 0 Å². The van der Waals surface area contributed by atoms with Gasteiger partial charge in [-0.3, -0.25) is 9.59 Å². The van der Waals surface area contributed by atoms with Gasteiger partial charge in [0.2, 0.25) is 11.8 Å². The van der Waals surface area contributed by atoms with Gasteiger partial charge in [0, 0.05) is 18.8 Å². The highest BCUT2D eigenvalue weighted by Gasteiger charge is 2.30. The third-order valence-corrected chi connectivity index (χ3v) is 6.63. The number of ether oxygens (including phenoxy) is 1. The molecule has 0 aliphatic carbocycles. The summed E-state index contributed by atoms with van der Waals surface area (Å²) in [4.78, 5) is 59.3. The SMILES string of the molecule is Cn1cnc2cc(C(NC(=O)OC(C)(C)C)C(=O)N[C@@H](Cc3ccccc3)C(=O)Nc3nc(C(=O)O)cs3)ccc21. The average molecular weight is 579 g/mol. The van der Waals surface area contributed by atoms with Gasteiger partial charge in [-0.15, -0.1) is 11.3 Å². The fourth-order valence-corrected chi connectivity index (χ4v) is 4.68. The molecule has 0 aliphatic rings. The normalized spacial score (nSPS) is 12.8.